The average molecular weight is 456 g/mol. The van der Waals surface area contributed by atoms with Crippen LogP contribution in [0.2, 0.25) is 0 Å². The highest BCUT2D eigenvalue weighted by Crippen LogP contribution is 2.17. The quantitative estimate of drug-likeness (QED) is 0.231. The van der Waals surface area contributed by atoms with Gasteiger partial charge in [0.15, 0.2) is 6.29 Å². The van der Waals surface area contributed by atoms with E-state index in [1.54, 1.807) is 0 Å². The summed E-state index contributed by atoms with van der Waals surface area (Å²) in [5, 5.41) is 0. The molecule has 1 aromatic carbocycles. The molecule has 180 valence electrons. The molecule has 2 atom stereocenters. The van der Waals surface area contributed by atoms with Gasteiger partial charge in [0.1, 0.15) is 12.6 Å². The second-order valence-electron chi connectivity index (χ2n) is 8.76. The zero-order valence-electron chi connectivity index (χ0n) is 19.6. The van der Waals surface area contributed by atoms with E-state index in [4.69, 9.17) is 14.2 Å². The van der Waals surface area contributed by atoms with Crippen LogP contribution in [0.1, 0.15) is 76.2 Å². The van der Waals surface area contributed by atoms with Crippen LogP contribution in [0.3, 0.4) is 0 Å². The summed E-state index contributed by atoms with van der Waals surface area (Å²) in [6, 6.07) is 8.99. The number of ketones is 1. The van der Waals surface area contributed by atoms with E-state index in [1.807, 2.05) is 30.3 Å². The topological polar surface area (TPSA) is 65.1 Å². The maximum atomic E-state index is 12.5. The summed E-state index contributed by atoms with van der Waals surface area (Å²) >= 11 is 0. The Bertz CT molecular complexity index is 779. The van der Waals surface area contributed by atoms with Crippen LogP contribution >= 0.6 is 0 Å². The predicted octanol–water partition coefficient (Wildman–Crippen LogP) is 5.24. The molecule has 0 aromatic heterocycles. The molecule has 0 radical (unpaired) electrons. The van der Waals surface area contributed by atoms with Gasteiger partial charge in [-0.25, -0.2) is 4.79 Å². The number of ether oxygens (including phenoxy) is 3. The summed E-state index contributed by atoms with van der Waals surface area (Å²) in [6.07, 6.45) is 11.8. The van der Waals surface area contributed by atoms with Gasteiger partial charge in [0.2, 0.25) is 5.78 Å². The molecule has 33 heavy (non-hydrogen) atoms. The van der Waals surface area contributed by atoms with E-state index in [9.17, 15) is 9.59 Å². The highest BCUT2D eigenvalue weighted by molar-refractivity contribution is 6.02. The third-order valence-corrected chi connectivity index (χ3v) is 6.07. The van der Waals surface area contributed by atoms with E-state index in [1.165, 1.54) is 37.0 Å². The molecular formula is C27H37NO5. The van der Waals surface area contributed by atoms with Crippen LogP contribution in [0.15, 0.2) is 30.3 Å². The summed E-state index contributed by atoms with van der Waals surface area (Å²) in [5.74, 6) is 5.48. The lowest BCUT2D eigenvalue weighted by atomic mass is 10.1. The van der Waals surface area contributed by atoms with Crippen molar-refractivity contribution in [1.29, 1.82) is 0 Å². The van der Waals surface area contributed by atoms with E-state index >= 15 is 0 Å². The molecule has 2 heterocycles. The number of benzene rings is 1. The molecule has 0 saturated carbocycles. The summed E-state index contributed by atoms with van der Waals surface area (Å²) in [4.78, 5) is 26.0. The molecule has 1 unspecified atom stereocenters. The number of carbonyl (C=O) groups is 2. The van der Waals surface area contributed by atoms with Gasteiger partial charge >= 0.3 is 6.09 Å². The number of hydrogen-bond acceptors (Lipinski definition) is 5. The lowest BCUT2D eigenvalue weighted by Gasteiger charge is -2.22. The SMILES string of the molecule is O=C(C#CCCCCCCCCCOC1CCCCO1)[C@@H]1COC(=O)N1Cc1ccccc1. The summed E-state index contributed by atoms with van der Waals surface area (Å²) < 4.78 is 16.4. The Kier molecular flexibility index (Phi) is 11.3. The van der Waals surface area contributed by atoms with E-state index in [0.29, 0.717) is 13.0 Å². The Labute approximate surface area is 198 Å². The Hall–Kier alpha value is -2.36. The smallest absolute Gasteiger partial charge is 0.410 e. The first-order valence-electron chi connectivity index (χ1n) is 12.5. The minimum atomic E-state index is -0.612. The molecule has 2 aliphatic rings. The zero-order valence-corrected chi connectivity index (χ0v) is 19.6. The molecule has 1 amide bonds. The maximum Gasteiger partial charge on any atom is 0.410 e. The van der Waals surface area contributed by atoms with Crippen molar-refractivity contribution < 1.29 is 23.8 Å². The van der Waals surface area contributed by atoms with Gasteiger partial charge in [-0.3, -0.25) is 9.69 Å². The molecule has 6 heteroatoms. The van der Waals surface area contributed by atoms with E-state index in [2.05, 4.69) is 11.8 Å². The second kappa shape index (κ2) is 14.7. The normalized spacial score (nSPS) is 20.2. The van der Waals surface area contributed by atoms with Crippen molar-refractivity contribution in [3.63, 3.8) is 0 Å². The van der Waals surface area contributed by atoms with Crippen molar-refractivity contribution in [2.75, 3.05) is 19.8 Å². The third kappa shape index (κ3) is 9.19. The van der Waals surface area contributed by atoms with Crippen LogP contribution in [-0.4, -0.2) is 48.9 Å². The first-order valence-corrected chi connectivity index (χ1v) is 12.5. The Morgan fingerprint density at radius 3 is 2.55 bits per heavy atom. The Balaban J connectivity index is 1.21. The minimum absolute atomic E-state index is 0.0281. The van der Waals surface area contributed by atoms with Crippen LogP contribution in [0, 0.1) is 11.8 Å². The van der Waals surface area contributed by atoms with Crippen molar-refractivity contribution in [1.82, 2.24) is 4.90 Å². The molecule has 0 spiro atoms. The number of rotatable bonds is 13. The van der Waals surface area contributed by atoms with Crippen molar-refractivity contribution >= 4 is 11.9 Å². The molecule has 2 fully saturated rings. The van der Waals surface area contributed by atoms with Gasteiger partial charge in [0.25, 0.3) is 0 Å². The summed E-state index contributed by atoms with van der Waals surface area (Å²) in [7, 11) is 0. The molecule has 6 nitrogen and oxygen atoms in total. The first kappa shape index (κ1) is 25.3. The average Bonchev–Trinajstić information content (AvgIpc) is 3.21. The number of unbranched alkanes of at least 4 members (excludes halogenated alkanes) is 7. The Morgan fingerprint density at radius 2 is 1.79 bits per heavy atom. The molecule has 2 aliphatic heterocycles. The van der Waals surface area contributed by atoms with Gasteiger partial charge in [-0.2, -0.15) is 0 Å². The predicted molar refractivity (Wildman–Crippen MR) is 126 cm³/mol. The van der Waals surface area contributed by atoms with Gasteiger partial charge in [-0.05, 0) is 43.6 Å². The van der Waals surface area contributed by atoms with Crippen LogP contribution in [0.25, 0.3) is 0 Å². The maximum absolute atomic E-state index is 12.5. The molecule has 0 N–H and O–H groups in total. The van der Waals surface area contributed by atoms with Crippen LogP contribution in [-0.2, 0) is 25.5 Å². The number of amides is 1. The number of cyclic esters (lactones) is 1. The molecule has 3 rings (SSSR count). The van der Waals surface area contributed by atoms with Crippen LogP contribution in [0.4, 0.5) is 4.79 Å². The van der Waals surface area contributed by atoms with E-state index in [-0.39, 0.29) is 18.7 Å². The lowest BCUT2D eigenvalue weighted by Crippen LogP contribution is -2.38. The largest absolute Gasteiger partial charge is 0.447 e. The van der Waals surface area contributed by atoms with Gasteiger partial charge in [-0.15, -0.1) is 0 Å². The van der Waals surface area contributed by atoms with E-state index in [0.717, 1.165) is 50.9 Å². The van der Waals surface area contributed by atoms with Crippen molar-refractivity contribution in [2.24, 2.45) is 0 Å². The van der Waals surface area contributed by atoms with Gasteiger partial charge in [-0.1, -0.05) is 68.4 Å². The number of hydrogen-bond donors (Lipinski definition) is 0. The van der Waals surface area contributed by atoms with Crippen LogP contribution in [0.5, 0.6) is 0 Å². The highest BCUT2D eigenvalue weighted by Gasteiger charge is 2.37. The molecule has 0 bridgehead atoms. The summed E-state index contributed by atoms with van der Waals surface area (Å²) in [6.45, 7) is 2.08. The monoisotopic (exact) mass is 455 g/mol. The second-order valence-corrected chi connectivity index (χ2v) is 8.76. The number of carbonyl (C=O) groups excluding carboxylic acids is 2. The Morgan fingerprint density at radius 1 is 1.03 bits per heavy atom. The van der Waals surface area contributed by atoms with Crippen molar-refractivity contribution in [2.45, 2.75) is 89.5 Å². The van der Waals surface area contributed by atoms with Gasteiger partial charge < -0.3 is 14.2 Å². The van der Waals surface area contributed by atoms with Gasteiger partial charge in [0.05, 0.1) is 0 Å². The first-order chi connectivity index (χ1) is 16.2. The third-order valence-electron chi connectivity index (χ3n) is 6.07. The molecule has 2 saturated heterocycles. The molecule has 1 aromatic rings. The van der Waals surface area contributed by atoms with Crippen LogP contribution < -0.4 is 0 Å². The summed E-state index contributed by atoms with van der Waals surface area (Å²) in [5.41, 5.74) is 0.966. The zero-order chi connectivity index (χ0) is 23.1. The fraction of sp³-hybridized carbons (Fsp3) is 0.630. The standard InChI is InChI=1S/C27H37NO5/c29-25(24-22-33-27(30)28(24)21-23-15-9-8-10-16-23)17-11-6-4-2-1-3-5-7-13-19-31-26-18-12-14-20-32-26/h8-10,15-16,24,26H,1-7,12-14,18-22H2/t24-,26?/m0/s1. The number of nitrogens with zero attached hydrogens (tertiary/aromatic N) is 1. The highest BCUT2D eigenvalue weighted by atomic mass is 16.7. The number of Topliss-reactive ketones (excluding diaryl/α,β-unsaturated/α-hetero) is 1. The fourth-order valence-electron chi connectivity index (χ4n) is 4.11. The molecule has 0 aliphatic carbocycles. The molecular weight excluding hydrogens is 418 g/mol. The lowest BCUT2D eigenvalue weighted by molar-refractivity contribution is -0.162. The minimum Gasteiger partial charge on any atom is -0.447 e. The van der Waals surface area contributed by atoms with E-state index < -0.39 is 12.1 Å². The van der Waals surface area contributed by atoms with Gasteiger partial charge in [0, 0.05) is 26.2 Å². The van der Waals surface area contributed by atoms with Crippen molar-refractivity contribution in [3.05, 3.63) is 35.9 Å². The van der Waals surface area contributed by atoms with Crippen molar-refractivity contribution in [3.8, 4) is 11.8 Å². The fourth-order valence-corrected chi connectivity index (χ4v) is 4.11.